The number of imidazole rings is 1. The minimum absolute atomic E-state index is 0.106. The first kappa shape index (κ1) is 22.7. The first-order valence-electron chi connectivity index (χ1n) is 10.3. The Morgan fingerprint density at radius 1 is 1.12 bits per heavy atom. The van der Waals surface area contributed by atoms with E-state index in [1.165, 1.54) is 0 Å². The van der Waals surface area contributed by atoms with Crippen LogP contribution in [0, 0.1) is 24.2 Å². The van der Waals surface area contributed by atoms with Gasteiger partial charge in [0.1, 0.15) is 0 Å². The second kappa shape index (κ2) is 9.43. The van der Waals surface area contributed by atoms with E-state index in [1.54, 1.807) is 13.2 Å². The number of rotatable bonds is 4. The van der Waals surface area contributed by atoms with Crippen LogP contribution in [0.1, 0.15) is 26.3 Å². The van der Waals surface area contributed by atoms with Gasteiger partial charge in [-0.05, 0) is 51.0 Å². The summed E-state index contributed by atoms with van der Waals surface area (Å²) >= 11 is 0. The van der Waals surface area contributed by atoms with Crippen molar-refractivity contribution in [2.75, 3.05) is 24.2 Å². The monoisotopic (exact) mass is 432 g/mol. The summed E-state index contributed by atoms with van der Waals surface area (Å²) in [6, 6.07) is 6.91. The molecule has 8 nitrogen and oxygen atoms in total. The van der Waals surface area contributed by atoms with Crippen LogP contribution in [0.5, 0.6) is 0 Å². The van der Waals surface area contributed by atoms with E-state index in [0.29, 0.717) is 17.0 Å². The van der Waals surface area contributed by atoms with Crippen molar-refractivity contribution in [3.63, 3.8) is 0 Å². The number of nitrogens with zero attached hydrogens (tertiary/aromatic N) is 2. The van der Waals surface area contributed by atoms with Gasteiger partial charge in [-0.25, -0.2) is 14.6 Å². The van der Waals surface area contributed by atoms with Crippen molar-refractivity contribution in [2.45, 2.75) is 27.7 Å². The highest BCUT2D eigenvalue weighted by molar-refractivity contribution is 5.95. The highest BCUT2D eigenvalue weighted by atomic mass is 16.2. The first-order chi connectivity index (χ1) is 15.2. The summed E-state index contributed by atoms with van der Waals surface area (Å²) in [4.78, 5) is 28.5. The number of amides is 4. The molecule has 4 amide bonds. The highest BCUT2D eigenvalue weighted by Crippen LogP contribution is 2.31. The second-order valence-corrected chi connectivity index (χ2v) is 8.34. The smallest absolute Gasteiger partial charge is 0.320 e. The largest absolute Gasteiger partial charge is 0.341 e. The maximum absolute atomic E-state index is 12.3. The lowest BCUT2D eigenvalue weighted by Gasteiger charge is -2.15. The fraction of sp³-hybridized carbons (Fsp3) is 0.292. The second-order valence-electron chi connectivity index (χ2n) is 8.34. The molecule has 32 heavy (non-hydrogen) atoms. The third kappa shape index (κ3) is 5.58. The molecule has 2 heterocycles. The van der Waals surface area contributed by atoms with Gasteiger partial charge in [-0.3, -0.25) is 0 Å². The Balaban J connectivity index is 1.85. The van der Waals surface area contributed by atoms with E-state index >= 15 is 0 Å². The van der Waals surface area contributed by atoms with Gasteiger partial charge in [0.05, 0.1) is 12.2 Å². The summed E-state index contributed by atoms with van der Waals surface area (Å²) in [7, 11) is 1.56. The Bertz CT molecular complexity index is 1210. The van der Waals surface area contributed by atoms with Crippen LogP contribution >= 0.6 is 0 Å². The Hall–Kier alpha value is -3.99. The molecule has 0 aliphatic rings. The zero-order valence-electron chi connectivity index (χ0n) is 19.0. The number of benzene rings is 1. The van der Waals surface area contributed by atoms with Gasteiger partial charge in [0.2, 0.25) is 0 Å². The summed E-state index contributed by atoms with van der Waals surface area (Å²) < 4.78 is 1.85. The zero-order chi connectivity index (χ0) is 23.3. The number of carbonyl (C=O) groups is 2. The third-order valence-electron chi connectivity index (χ3n) is 4.66. The van der Waals surface area contributed by atoms with Crippen LogP contribution in [-0.4, -0.2) is 35.0 Å². The summed E-state index contributed by atoms with van der Waals surface area (Å²) in [6.45, 7) is 8.27. The maximum atomic E-state index is 12.3. The van der Waals surface area contributed by atoms with Gasteiger partial charge in [-0.2, -0.15) is 0 Å². The Labute approximate surface area is 187 Å². The minimum Gasteiger partial charge on any atom is -0.341 e. The summed E-state index contributed by atoms with van der Waals surface area (Å²) in [5.74, 6) is 6.05. The van der Waals surface area contributed by atoms with E-state index in [2.05, 4.69) is 38.1 Å². The lowest BCUT2D eigenvalue weighted by molar-refractivity contribution is 0.252. The molecule has 0 saturated heterocycles. The van der Waals surface area contributed by atoms with E-state index in [9.17, 15) is 9.59 Å². The lowest BCUT2D eigenvalue weighted by atomic mass is 9.98. The predicted octanol–water partition coefficient (Wildman–Crippen LogP) is 4.23. The van der Waals surface area contributed by atoms with Crippen molar-refractivity contribution in [1.29, 1.82) is 0 Å². The van der Waals surface area contributed by atoms with Crippen molar-refractivity contribution in [1.82, 2.24) is 20.0 Å². The van der Waals surface area contributed by atoms with Gasteiger partial charge < -0.3 is 25.7 Å². The Morgan fingerprint density at radius 3 is 2.59 bits per heavy atom. The number of hydrogen-bond acceptors (Lipinski definition) is 3. The fourth-order valence-electron chi connectivity index (χ4n) is 3.14. The van der Waals surface area contributed by atoms with E-state index in [4.69, 9.17) is 0 Å². The number of fused-ring (bicyclic) bond motifs is 1. The topological polar surface area (TPSA) is 99.6 Å². The van der Waals surface area contributed by atoms with Gasteiger partial charge in [-0.15, -0.1) is 0 Å². The molecule has 0 aliphatic carbocycles. The average Bonchev–Trinajstić information content (AvgIpc) is 3.21. The zero-order valence-corrected chi connectivity index (χ0v) is 19.0. The number of pyridine rings is 1. The molecule has 3 rings (SSSR count). The molecular formula is C24H28N6O2. The first-order valence-corrected chi connectivity index (χ1v) is 10.3. The van der Waals surface area contributed by atoms with Crippen LogP contribution < -0.4 is 21.3 Å². The van der Waals surface area contributed by atoms with Crippen molar-refractivity contribution in [3.05, 3.63) is 48.4 Å². The number of carbonyl (C=O) groups excluding carboxylic acids is 2. The maximum Gasteiger partial charge on any atom is 0.320 e. The molecule has 0 radical (unpaired) electrons. The molecule has 4 N–H and O–H groups in total. The molecule has 0 bridgehead atoms. The summed E-state index contributed by atoms with van der Waals surface area (Å²) in [6.07, 6.45) is 5.43. The van der Waals surface area contributed by atoms with Crippen molar-refractivity contribution >= 4 is 29.1 Å². The number of urea groups is 2. The predicted molar refractivity (Wildman–Crippen MR) is 128 cm³/mol. The van der Waals surface area contributed by atoms with E-state index in [1.807, 2.05) is 68.8 Å². The van der Waals surface area contributed by atoms with Gasteiger partial charge in [0.25, 0.3) is 0 Å². The van der Waals surface area contributed by atoms with Crippen LogP contribution in [0.2, 0.25) is 0 Å². The highest BCUT2D eigenvalue weighted by Gasteiger charge is 2.13. The standard InChI is InChI=1S/C24H28N6O2/c1-16-18(8-6-9-19(16)28-23(32)27-11-7-10-24(2,3)4)17-14-20(29-22(31)25-5)21-26-12-13-30(21)15-17/h6,8-9,12-15H,11H2,1-5H3,(H2,25,29,31)(H2,27,28,32). The molecule has 166 valence electrons. The molecule has 0 atom stereocenters. The van der Waals surface area contributed by atoms with Crippen molar-refractivity contribution in [2.24, 2.45) is 5.41 Å². The SMILES string of the molecule is CNC(=O)Nc1cc(-c2cccc(NC(=O)NCC#CC(C)(C)C)c2C)cn2ccnc12. The van der Waals surface area contributed by atoms with Gasteiger partial charge >= 0.3 is 12.1 Å². The van der Waals surface area contributed by atoms with E-state index in [0.717, 1.165) is 16.7 Å². The normalized spacial score (nSPS) is 10.8. The van der Waals surface area contributed by atoms with E-state index < -0.39 is 0 Å². The van der Waals surface area contributed by atoms with Crippen LogP contribution in [0.4, 0.5) is 21.0 Å². The van der Waals surface area contributed by atoms with Gasteiger partial charge in [0.15, 0.2) is 5.65 Å². The number of aromatic nitrogens is 2. The molecule has 8 heteroatoms. The molecule has 0 spiro atoms. The molecule has 3 aromatic rings. The Kier molecular flexibility index (Phi) is 6.69. The molecule has 0 saturated carbocycles. The summed E-state index contributed by atoms with van der Waals surface area (Å²) in [5.41, 5.74) is 4.50. The van der Waals surface area contributed by atoms with Crippen LogP contribution in [0.3, 0.4) is 0 Å². The summed E-state index contributed by atoms with van der Waals surface area (Å²) in [5, 5.41) is 11.0. The number of hydrogen-bond donors (Lipinski definition) is 4. The molecule has 2 aromatic heterocycles. The number of nitrogens with one attached hydrogen (secondary N) is 4. The van der Waals surface area contributed by atoms with Gasteiger partial charge in [0, 0.05) is 42.3 Å². The van der Waals surface area contributed by atoms with Gasteiger partial charge in [-0.1, -0.05) is 24.0 Å². The van der Waals surface area contributed by atoms with Crippen LogP contribution in [-0.2, 0) is 0 Å². The molecule has 1 aromatic carbocycles. The van der Waals surface area contributed by atoms with Crippen molar-refractivity contribution < 1.29 is 9.59 Å². The molecule has 0 unspecified atom stereocenters. The Morgan fingerprint density at radius 2 is 1.88 bits per heavy atom. The fourth-order valence-corrected chi connectivity index (χ4v) is 3.14. The van der Waals surface area contributed by atoms with E-state index in [-0.39, 0.29) is 24.0 Å². The number of anilines is 2. The lowest BCUT2D eigenvalue weighted by Crippen LogP contribution is -2.29. The van der Waals surface area contributed by atoms with Crippen LogP contribution in [0.15, 0.2) is 42.9 Å². The molecular weight excluding hydrogens is 404 g/mol. The minimum atomic E-state index is -0.328. The van der Waals surface area contributed by atoms with Crippen molar-refractivity contribution in [3.8, 4) is 23.0 Å². The molecule has 0 aliphatic heterocycles. The van der Waals surface area contributed by atoms with Crippen LogP contribution in [0.25, 0.3) is 16.8 Å². The quantitative estimate of drug-likeness (QED) is 0.464. The average molecular weight is 433 g/mol. The third-order valence-corrected chi connectivity index (χ3v) is 4.66. The molecule has 0 fully saturated rings.